The van der Waals surface area contributed by atoms with Crippen molar-refractivity contribution in [2.24, 2.45) is 4.99 Å². The number of nitrogens with zero attached hydrogens (tertiary/aromatic N) is 1. The summed E-state index contributed by atoms with van der Waals surface area (Å²) >= 11 is 1.01. The van der Waals surface area contributed by atoms with Gasteiger partial charge in [0, 0.05) is 0 Å². The molecule has 0 bridgehead atoms. The van der Waals surface area contributed by atoms with E-state index in [1.807, 2.05) is 6.92 Å². The van der Waals surface area contributed by atoms with Crippen LogP contribution in [0.5, 0.6) is 0 Å². The molecule has 0 amide bonds. The SMILES string of the molecule is COC[C@@H]1N=C(C)O[C@@]1(C)[CH]=[Pb]. The zero-order chi connectivity index (χ0) is 9.19. The average molecular weight is 362 g/mol. The van der Waals surface area contributed by atoms with E-state index < -0.39 is 0 Å². The minimum absolute atomic E-state index is 0.139. The van der Waals surface area contributed by atoms with Gasteiger partial charge in [-0.3, -0.25) is 0 Å². The molecule has 0 aromatic heterocycles. The molecule has 0 unspecified atom stereocenters. The van der Waals surface area contributed by atoms with Crippen LogP contribution in [-0.2, 0) is 9.47 Å². The number of rotatable bonds is 3. The monoisotopic (exact) mass is 363 g/mol. The van der Waals surface area contributed by atoms with E-state index in [0.29, 0.717) is 6.61 Å². The number of hydrogen-bond acceptors (Lipinski definition) is 3. The molecule has 0 spiro atoms. The van der Waals surface area contributed by atoms with Gasteiger partial charge in [-0.15, -0.1) is 0 Å². The summed E-state index contributed by atoms with van der Waals surface area (Å²) in [4.78, 5) is 4.36. The Morgan fingerprint density at radius 2 is 2.50 bits per heavy atom. The van der Waals surface area contributed by atoms with Crippen molar-refractivity contribution in [1.82, 2.24) is 0 Å². The van der Waals surface area contributed by atoms with Gasteiger partial charge in [0.25, 0.3) is 0 Å². The van der Waals surface area contributed by atoms with Crippen LogP contribution in [0.15, 0.2) is 4.99 Å². The van der Waals surface area contributed by atoms with Crippen LogP contribution < -0.4 is 0 Å². The van der Waals surface area contributed by atoms with Crippen LogP contribution in [0.1, 0.15) is 13.8 Å². The first-order valence-electron chi connectivity index (χ1n) is 3.86. The summed E-state index contributed by atoms with van der Waals surface area (Å²) in [5.41, 5.74) is -0.216. The summed E-state index contributed by atoms with van der Waals surface area (Å²) in [5.74, 6) is 0.770. The Kier molecular flexibility index (Phi) is 3.39. The molecule has 0 aromatic carbocycles. The van der Waals surface area contributed by atoms with E-state index in [1.165, 1.54) is 0 Å². The fraction of sp³-hybridized carbons (Fsp3) is 0.750. The summed E-state index contributed by atoms with van der Waals surface area (Å²) < 4.78 is 12.9. The fourth-order valence-corrected chi connectivity index (χ4v) is 2.22. The molecule has 1 aliphatic heterocycles. The van der Waals surface area contributed by atoms with E-state index in [1.54, 1.807) is 7.11 Å². The van der Waals surface area contributed by atoms with Gasteiger partial charge < -0.3 is 0 Å². The molecule has 66 valence electrons. The molecular formula is C8H13NO2Pb. The van der Waals surface area contributed by atoms with Gasteiger partial charge in [0.2, 0.25) is 0 Å². The molecule has 0 aliphatic carbocycles. The molecule has 1 rings (SSSR count). The maximum absolute atomic E-state index is 5.61. The maximum atomic E-state index is 5.61. The molecule has 4 heteroatoms. The first-order valence-corrected chi connectivity index (χ1v) is 6.11. The first-order chi connectivity index (χ1) is 5.62. The zero-order valence-corrected chi connectivity index (χ0v) is 11.5. The third-order valence-electron chi connectivity index (χ3n) is 1.98. The first kappa shape index (κ1) is 10.3. The van der Waals surface area contributed by atoms with Crippen LogP contribution in [0.3, 0.4) is 0 Å². The van der Waals surface area contributed by atoms with Crippen LogP contribution in [0.4, 0.5) is 0 Å². The van der Waals surface area contributed by atoms with E-state index in [-0.39, 0.29) is 11.6 Å². The van der Waals surface area contributed by atoms with Crippen LogP contribution in [0, 0.1) is 0 Å². The van der Waals surface area contributed by atoms with Crippen molar-refractivity contribution in [3.8, 4) is 0 Å². The van der Waals surface area contributed by atoms with Gasteiger partial charge in [0.1, 0.15) is 0 Å². The third-order valence-corrected chi connectivity index (χ3v) is 4.21. The Bertz CT molecular complexity index is 217. The molecule has 2 radical (unpaired) electrons. The number of methoxy groups -OCH3 is 1. The Morgan fingerprint density at radius 3 is 3.00 bits per heavy atom. The van der Waals surface area contributed by atoms with Gasteiger partial charge >= 0.3 is 88.4 Å². The molecular weight excluding hydrogens is 349 g/mol. The normalized spacial score (nSPS) is 34.2. The van der Waals surface area contributed by atoms with Crippen molar-refractivity contribution >= 4 is 34.7 Å². The molecule has 0 N–H and O–H groups in total. The van der Waals surface area contributed by atoms with E-state index in [9.17, 15) is 0 Å². The molecule has 0 fully saturated rings. The van der Waals surface area contributed by atoms with E-state index >= 15 is 0 Å². The van der Waals surface area contributed by atoms with E-state index in [4.69, 9.17) is 9.47 Å². The standard InChI is InChI=1S/C8H13NO2.Pb/c1-6-9-7(5-10-4)8(2,3)11-6;/h2,7H,5H2,1,3-4H3;/t7-,8+;/m0./s1. The molecule has 2 atom stereocenters. The predicted octanol–water partition coefficient (Wildman–Crippen LogP) is 0.179. The number of ether oxygens (including phenoxy) is 2. The quantitative estimate of drug-likeness (QED) is 0.671. The van der Waals surface area contributed by atoms with Gasteiger partial charge in [-0.25, -0.2) is 0 Å². The van der Waals surface area contributed by atoms with Crippen LogP contribution in [-0.4, -0.2) is 60.1 Å². The van der Waals surface area contributed by atoms with Crippen molar-refractivity contribution in [1.29, 1.82) is 0 Å². The van der Waals surface area contributed by atoms with Gasteiger partial charge in [0.15, 0.2) is 0 Å². The summed E-state index contributed by atoms with van der Waals surface area (Å²) in [6.45, 7) is 4.58. The number of hydrogen-bond donors (Lipinski definition) is 0. The van der Waals surface area contributed by atoms with E-state index in [2.05, 4.69) is 15.5 Å². The van der Waals surface area contributed by atoms with Gasteiger partial charge in [-0.2, -0.15) is 0 Å². The summed E-state index contributed by atoms with van der Waals surface area (Å²) in [7, 11) is 1.69. The predicted molar refractivity (Wildman–Crippen MR) is 50.1 cm³/mol. The average Bonchev–Trinajstić information content (AvgIpc) is 2.29. The number of aliphatic imine (C=N–C) groups is 1. The molecule has 0 saturated carbocycles. The molecule has 12 heavy (non-hydrogen) atoms. The molecule has 3 nitrogen and oxygen atoms in total. The zero-order valence-electron chi connectivity index (χ0n) is 7.63. The summed E-state index contributed by atoms with van der Waals surface area (Å²) in [5, 5.41) is 0. The second-order valence-corrected chi connectivity index (χ2v) is 4.17. The Morgan fingerprint density at radius 1 is 1.83 bits per heavy atom. The molecule has 1 aliphatic rings. The Balaban J connectivity index is 2.73. The van der Waals surface area contributed by atoms with Crippen molar-refractivity contribution in [3.05, 3.63) is 0 Å². The van der Waals surface area contributed by atoms with Crippen molar-refractivity contribution in [3.63, 3.8) is 0 Å². The summed E-state index contributed by atoms with van der Waals surface area (Å²) in [6.07, 6.45) is 0. The van der Waals surface area contributed by atoms with Crippen LogP contribution >= 0.6 is 0 Å². The minimum atomic E-state index is -0.216. The Hall–Kier alpha value is 0.222. The van der Waals surface area contributed by atoms with Gasteiger partial charge in [-0.1, -0.05) is 0 Å². The van der Waals surface area contributed by atoms with Crippen molar-refractivity contribution < 1.29 is 9.47 Å². The van der Waals surface area contributed by atoms with Gasteiger partial charge in [-0.05, 0) is 0 Å². The van der Waals surface area contributed by atoms with E-state index in [0.717, 1.165) is 31.2 Å². The third kappa shape index (κ3) is 1.93. The van der Waals surface area contributed by atoms with Crippen LogP contribution in [0.2, 0.25) is 0 Å². The van der Waals surface area contributed by atoms with Crippen LogP contribution in [0.25, 0.3) is 0 Å². The fourth-order valence-electron chi connectivity index (χ4n) is 1.25. The molecule has 1 heterocycles. The van der Waals surface area contributed by atoms with Crippen molar-refractivity contribution in [2.75, 3.05) is 13.7 Å². The molecule has 0 saturated heterocycles. The molecule has 0 aromatic rings. The summed E-state index contributed by atoms with van der Waals surface area (Å²) in [6, 6.07) is 0.139. The second-order valence-electron chi connectivity index (χ2n) is 3.05. The second kappa shape index (κ2) is 3.95. The van der Waals surface area contributed by atoms with Crippen molar-refractivity contribution in [2.45, 2.75) is 25.5 Å². The Labute approximate surface area is 88.3 Å². The van der Waals surface area contributed by atoms with Gasteiger partial charge in [0.05, 0.1) is 0 Å². The topological polar surface area (TPSA) is 30.8 Å².